The fourth-order valence-electron chi connectivity index (χ4n) is 10.1. The second-order valence-electron chi connectivity index (χ2n) is 16.7. The van der Waals surface area contributed by atoms with Gasteiger partial charge in [0, 0.05) is 22.4 Å². The lowest BCUT2D eigenvalue weighted by atomic mass is 9.81. The Kier molecular flexibility index (Phi) is 8.19. The molecule has 2 aliphatic carbocycles. The predicted molar refractivity (Wildman–Crippen MR) is 247 cm³/mol. The van der Waals surface area contributed by atoms with E-state index in [-0.39, 0.29) is 5.41 Å². The third-order valence-corrected chi connectivity index (χ3v) is 13.0. The largest absolute Gasteiger partial charge is 0.310 e. The maximum Gasteiger partial charge on any atom is 0.0540 e. The average molecular weight is 744 g/mol. The van der Waals surface area contributed by atoms with Crippen molar-refractivity contribution in [1.82, 2.24) is 0 Å². The first-order valence-corrected chi connectivity index (χ1v) is 20.9. The molecule has 9 aromatic carbocycles. The maximum absolute atomic E-state index is 2.51. The van der Waals surface area contributed by atoms with E-state index in [4.69, 9.17) is 0 Å². The van der Waals surface area contributed by atoms with Crippen LogP contribution in [-0.4, -0.2) is 0 Å². The average Bonchev–Trinajstić information content (AvgIpc) is 3.50. The topological polar surface area (TPSA) is 3.24 Å². The lowest BCUT2D eigenvalue weighted by molar-refractivity contribution is 0.661. The van der Waals surface area contributed by atoms with E-state index in [1.165, 1.54) is 108 Å². The minimum Gasteiger partial charge on any atom is -0.310 e. The number of rotatable bonds is 6. The molecule has 9 aromatic rings. The third kappa shape index (κ3) is 5.60. The number of hydrogen-bond donors (Lipinski definition) is 0. The zero-order valence-corrected chi connectivity index (χ0v) is 33.2. The van der Waals surface area contributed by atoms with Gasteiger partial charge < -0.3 is 4.90 Å². The minimum atomic E-state index is -0.164. The Morgan fingerprint density at radius 2 is 1.05 bits per heavy atom. The summed E-state index contributed by atoms with van der Waals surface area (Å²) in [7, 11) is 0. The Labute approximate surface area is 341 Å². The van der Waals surface area contributed by atoms with Crippen molar-refractivity contribution in [3.05, 3.63) is 210 Å². The lowest BCUT2D eigenvalue weighted by Gasteiger charge is -2.30. The first kappa shape index (κ1) is 34.5. The number of aryl methyl sites for hydroxylation is 1. The molecule has 0 aromatic heterocycles. The van der Waals surface area contributed by atoms with Crippen molar-refractivity contribution < 1.29 is 0 Å². The van der Waals surface area contributed by atoms with Gasteiger partial charge in [-0.15, -0.1) is 0 Å². The van der Waals surface area contributed by atoms with Crippen molar-refractivity contribution in [2.24, 2.45) is 0 Å². The normalized spacial score (nSPS) is 13.9. The summed E-state index contributed by atoms with van der Waals surface area (Å²) in [4.78, 5) is 2.51. The molecule has 1 heteroatoms. The first-order valence-electron chi connectivity index (χ1n) is 20.9. The zero-order chi connectivity index (χ0) is 38.8. The standard InChI is InChI=1S/C57H45N/c1-57(2)53-36-43-20-7-6-19-42(43)35-52(53)50-34-32-45(37-54(50)57)58(44-30-27-41(28-31-44)47-25-14-21-38-17-8-10-22-46(38)47)55-26-13-12-24-51(55)56-48-23-11-9-18-40(48)29-33-49(56)39-15-4-3-5-16-39/h3-7,9,11-16,18-21,23-37H,8,10,17,22H2,1-2H3. The molecule has 0 N–H and O–H groups in total. The summed E-state index contributed by atoms with van der Waals surface area (Å²) >= 11 is 0. The maximum atomic E-state index is 2.51. The van der Waals surface area contributed by atoms with Gasteiger partial charge in [0.1, 0.15) is 0 Å². The van der Waals surface area contributed by atoms with Gasteiger partial charge in [-0.05, 0) is 151 Å². The van der Waals surface area contributed by atoms with Crippen LogP contribution in [0.15, 0.2) is 188 Å². The van der Waals surface area contributed by atoms with Gasteiger partial charge in [0.25, 0.3) is 0 Å². The van der Waals surface area contributed by atoms with Crippen LogP contribution in [0.2, 0.25) is 0 Å². The molecule has 58 heavy (non-hydrogen) atoms. The van der Waals surface area contributed by atoms with Crippen molar-refractivity contribution in [2.75, 3.05) is 4.90 Å². The zero-order valence-electron chi connectivity index (χ0n) is 33.2. The van der Waals surface area contributed by atoms with Gasteiger partial charge in [0.2, 0.25) is 0 Å². The van der Waals surface area contributed by atoms with Crippen LogP contribution < -0.4 is 4.90 Å². The molecule has 0 aliphatic heterocycles. The Morgan fingerprint density at radius 1 is 0.414 bits per heavy atom. The predicted octanol–water partition coefficient (Wildman–Crippen LogP) is 15.6. The molecule has 11 rings (SSSR count). The van der Waals surface area contributed by atoms with E-state index < -0.39 is 0 Å². The number of anilines is 3. The quantitative estimate of drug-likeness (QED) is 0.164. The molecular formula is C57H45N. The molecular weight excluding hydrogens is 699 g/mol. The van der Waals surface area contributed by atoms with Crippen molar-refractivity contribution in [3.63, 3.8) is 0 Å². The summed E-state index contributed by atoms with van der Waals surface area (Å²) in [5.74, 6) is 0. The summed E-state index contributed by atoms with van der Waals surface area (Å²) in [5, 5.41) is 5.06. The van der Waals surface area contributed by atoms with Crippen molar-refractivity contribution in [1.29, 1.82) is 0 Å². The molecule has 0 fully saturated rings. The van der Waals surface area contributed by atoms with Gasteiger partial charge in [-0.3, -0.25) is 0 Å². The van der Waals surface area contributed by atoms with E-state index in [1.54, 1.807) is 0 Å². The molecule has 0 unspecified atom stereocenters. The van der Waals surface area contributed by atoms with Crippen LogP contribution in [0, 0.1) is 0 Å². The SMILES string of the molecule is CC1(C)c2cc(N(c3ccc(-c4cccc5c4CCCC5)cc3)c3ccccc3-c3c(-c4ccccc4)ccc4ccccc34)ccc2-c2cc3ccccc3cc21. The fraction of sp³-hybridized carbons (Fsp3) is 0.123. The Balaban J connectivity index is 1.13. The number of hydrogen-bond acceptors (Lipinski definition) is 1. The van der Waals surface area contributed by atoms with Crippen LogP contribution in [0.1, 0.15) is 48.9 Å². The minimum absolute atomic E-state index is 0.164. The third-order valence-electron chi connectivity index (χ3n) is 13.0. The van der Waals surface area contributed by atoms with E-state index in [9.17, 15) is 0 Å². The molecule has 0 spiro atoms. The number of nitrogens with zero attached hydrogens (tertiary/aromatic N) is 1. The summed E-state index contributed by atoms with van der Waals surface area (Å²) in [6, 6.07) is 70.4. The van der Waals surface area contributed by atoms with Crippen molar-refractivity contribution >= 4 is 38.6 Å². The van der Waals surface area contributed by atoms with Gasteiger partial charge in [-0.25, -0.2) is 0 Å². The van der Waals surface area contributed by atoms with E-state index in [1.807, 2.05) is 0 Å². The van der Waals surface area contributed by atoms with Crippen LogP contribution in [0.4, 0.5) is 17.1 Å². The van der Waals surface area contributed by atoms with Crippen molar-refractivity contribution in [3.8, 4) is 44.5 Å². The highest BCUT2D eigenvalue weighted by molar-refractivity contribution is 6.08. The van der Waals surface area contributed by atoms with Crippen LogP contribution in [-0.2, 0) is 18.3 Å². The number of para-hydroxylation sites is 1. The van der Waals surface area contributed by atoms with Gasteiger partial charge >= 0.3 is 0 Å². The highest BCUT2D eigenvalue weighted by Gasteiger charge is 2.36. The molecule has 278 valence electrons. The molecule has 0 saturated heterocycles. The van der Waals surface area contributed by atoms with Gasteiger partial charge in [-0.1, -0.05) is 159 Å². The Hall–Kier alpha value is -6.70. The Morgan fingerprint density at radius 3 is 1.90 bits per heavy atom. The molecule has 0 radical (unpaired) electrons. The molecule has 0 bridgehead atoms. The second-order valence-corrected chi connectivity index (χ2v) is 16.7. The molecule has 0 atom stereocenters. The molecule has 0 amide bonds. The summed E-state index contributed by atoms with van der Waals surface area (Å²) < 4.78 is 0. The smallest absolute Gasteiger partial charge is 0.0540 e. The monoisotopic (exact) mass is 743 g/mol. The molecule has 1 nitrogen and oxygen atoms in total. The van der Waals surface area contributed by atoms with Crippen molar-refractivity contribution in [2.45, 2.75) is 44.9 Å². The van der Waals surface area contributed by atoms with E-state index in [0.29, 0.717) is 0 Å². The van der Waals surface area contributed by atoms with Crippen LogP contribution in [0.3, 0.4) is 0 Å². The van der Waals surface area contributed by atoms with E-state index >= 15 is 0 Å². The molecule has 0 saturated carbocycles. The van der Waals surface area contributed by atoms with Gasteiger partial charge in [0.05, 0.1) is 5.69 Å². The highest BCUT2D eigenvalue weighted by atomic mass is 15.1. The second kappa shape index (κ2) is 13.7. The molecule has 0 heterocycles. The Bertz CT molecular complexity index is 3020. The summed E-state index contributed by atoms with van der Waals surface area (Å²) in [6.07, 6.45) is 4.88. The fourth-order valence-corrected chi connectivity index (χ4v) is 10.1. The summed E-state index contributed by atoms with van der Waals surface area (Å²) in [6.45, 7) is 4.79. The van der Waals surface area contributed by atoms with E-state index in [2.05, 4.69) is 207 Å². The number of fused-ring (bicyclic) bond motifs is 6. The highest BCUT2D eigenvalue weighted by Crippen LogP contribution is 2.53. The van der Waals surface area contributed by atoms with Gasteiger partial charge in [-0.2, -0.15) is 0 Å². The van der Waals surface area contributed by atoms with Crippen LogP contribution >= 0.6 is 0 Å². The van der Waals surface area contributed by atoms with Gasteiger partial charge in [0.15, 0.2) is 0 Å². The van der Waals surface area contributed by atoms with E-state index in [0.717, 1.165) is 23.5 Å². The molecule has 2 aliphatic rings. The van der Waals surface area contributed by atoms with Crippen LogP contribution in [0.25, 0.3) is 66.1 Å². The first-order chi connectivity index (χ1) is 28.5. The number of benzene rings is 9. The van der Waals surface area contributed by atoms with Crippen LogP contribution in [0.5, 0.6) is 0 Å². The lowest BCUT2D eigenvalue weighted by Crippen LogP contribution is -2.17. The summed E-state index contributed by atoms with van der Waals surface area (Å²) in [5.41, 5.74) is 19.3.